The van der Waals surface area contributed by atoms with Gasteiger partial charge in [0.05, 0.1) is 23.0 Å². The minimum atomic E-state index is -0.258. The summed E-state index contributed by atoms with van der Waals surface area (Å²) in [6.45, 7) is 0. The number of rotatable bonds is 1. The molecule has 2 rings (SSSR count). The number of hydrogen-bond donors (Lipinski definition) is 2. The zero-order valence-corrected chi connectivity index (χ0v) is 7.77. The molecule has 0 amide bonds. The third-order valence-electron chi connectivity index (χ3n) is 2.07. The van der Waals surface area contributed by atoms with Gasteiger partial charge in [-0.15, -0.1) is 0 Å². The van der Waals surface area contributed by atoms with E-state index >= 15 is 0 Å². The molecule has 1 aromatic heterocycles. The van der Waals surface area contributed by atoms with Gasteiger partial charge in [-0.25, -0.2) is 4.79 Å². The summed E-state index contributed by atoms with van der Waals surface area (Å²) in [5.74, 6) is 0. The van der Waals surface area contributed by atoms with Gasteiger partial charge in [-0.05, 0) is 18.2 Å². The predicted molar refractivity (Wildman–Crippen MR) is 55.5 cm³/mol. The van der Waals surface area contributed by atoms with Crippen LogP contribution in [0.4, 0.5) is 5.69 Å². The van der Waals surface area contributed by atoms with Crippen molar-refractivity contribution in [2.75, 3.05) is 5.73 Å². The van der Waals surface area contributed by atoms with Crippen molar-refractivity contribution in [1.82, 2.24) is 9.55 Å². The molecule has 0 saturated heterocycles. The van der Waals surface area contributed by atoms with Crippen LogP contribution in [0.3, 0.4) is 0 Å². The molecule has 0 aliphatic heterocycles. The van der Waals surface area contributed by atoms with Crippen molar-refractivity contribution >= 4 is 5.69 Å². The molecular weight excluding hydrogens is 192 g/mol. The Bertz CT molecular complexity index is 588. The fourth-order valence-electron chi connectivity index (χ4n) is 1.35. The van der Waals surface area contributed by atoms with Crippen molar-refractivity contribution in [2.24, 2.45) is 0 Å². The van der Waals surface area contributed by atoms with Crippen LogP contribution in [-0.4, -0.2) is 9.55 Å². The monoisotopic (exact) mass is 200 g/mol. The van der Waals surface area contributed by atoms with Crippen LogP contribution in [0.1, 0.15) is 5.56 Å². The van der Waals surface area contributed by atoms with Crippen LogP contribution < -0.4 is 11.4 Å². The summed E-state index contributed by atoms with van der Waals surface area (Å²) in [5.41, 5.74) is 6.91. The molecule has 0 radical (unpaired) electrons. The molecule has 0 aliphatic rings. The molecule has 5 nitrogen and oxygen atoms in total. The molecule has 15 heavy (non-hydrogen) atoms. The molecular formula is C10H8N4O. The number of anilines is 1. The van der Waals surface area contributed by atoms with Crippen LogP contribution in [0.2, 0.25) is 0 Å². The number of nitrogen functional groups attached to an aromatic ring is 1. The van der Waals surface area contributed by atoms with Gasteiger partial charge in [-0.3, -0.25) is 4.57 Å². The standard InChI is InChI=1S/C10H8N4O/c11-6-7-1-2-9(8(12)5-7)14-4-3-13-10(14)15/h1-5H,12H2,(H,13,15). The lowest BCUT2D eigenvalue weighted by atomic mass is 10.2. The largest absolute Gasteiger partial charge is 0.397 e. The van der Waals surface area contributed by atoms with E-state index in [1.165, 1.54) is 16.8 Å². The third kappa shape index (κ3) is 1.48. The Morgan fingerprint density at radius 3 is 2.80 bits per heavy atom. The Labute approximate surface area is 85.4 Å². The minimum absolute atomic E-state index is 0.258. The molecule has 5 heteroatoms. The molecule has 0 spiro atoms. The molecule has 3 N–H and O–H groups in total. The molecule has 0 saturated carbocycles. The second-order valence-electron chi connectivity index (χ2n) is 3.02. The maximum atomic E-state index is 11.3. The van der Waals surface area contributed by atoms with E-state index in [1.54, 1.807) is 18.3 Å². The van der Waals surface area contributed by atoms with Crippen LogP contribution in [0, 0.1) is 11.3 Å². The Balaban J connectivity index is 2.61. The number of hydrogen-bond acceptors (Lipinski definition) is 3. The predicted octanol–water partition coefficient (Wildman–Crippen LogP) is 0.619. The Morgan fingerprint density at radius 1 is 1.47 bits per heavy atom. The summed E-state index contributed by atoms with van der Waals surface area (Å²) in [5, 5.41) is 8.66. The summed E-state index contributed by atoms with van der Waals surface area (Å²) >= 11 is 0. The van der Waals surface area contributed by atoms with Crippen LogP contribution in [0.15, 0.2) is 35.4 Å². The summed E-state index contributed by atoms with van der Waals surface area (Å²) in [7, 11) is 0. The van der Waals surface area contributed by atoms with Crippen molar-refractivity contribution in [3.63, 3.8) is 0 Å². The average Bonchev–Trinajstić information content (AvgIpc) is 2.64. The van der Waals surface area contributed by atoms with Crippen LogP contribution in [-0.2, 0) is 0 Å². The number of nitriles is 1. The smallest absolute Gasteiger partial charge is 0.330 e. The van der Waals surface area contributed by atoms with E-state index in [9.17, 15) is 4.79 Å². The minimum Gasteiger partial charge on any atom is -0.397 e. The third-order valence-corrected chi connectivity index (χ3v) is 2.07. The number of aromatic amines is 1. The Kier molecular flexibility index (Phi) is 2.03. The number of nitrogens with zero attached hydrogens (tertiary/aromatic N) is 2. The van der Waals surface area contributed by atoms with E-state index in [0.717, 1.165) is 0 Å². The lowest BCUT2D eigenvalue weighted by Crippen LogP contribution is -2.15. The highest BCUT2D eigenvalue weighted by atomic mass is 16.1. The van der Waals surface area contributed by atoms with Crippen molar-refractivity contribution in [2.45, 2.75) is 0 Å². The highest BCUT2D eigenvalue weighted by Crippen LogP contribution is 2.16. The topological polar surface area (TPSA) is 87.6 Å². The number of imidazole rings is 1. The zero-order chi connectivity index (χ0) is 10.8. The van der Waals surface area contributed by atoms with E-state index in [4.69, 9.17) is 11.0 Å². The van der Waals surface area contributed by atoms with E-state index in [2.05, 4.69) is 4.98 Å². The fourth-order valence-corrected chi connectivity index (χ4v) is 1.35. The maximum Gasteiger partial charge on any atom is 0.330 e. The van der Waals surface area contributed by atoms with Gasteiger partial charge in [0.2, 0.25) is 0 Å². The molecule has 0 unspecified atom stereocenters. The number of H-pyrrole nitrogens is 1. The first-order valence-electron chi connectivity index (χ1n) is 4.28. The molecule has 74 valence electrons. The maximum absolute atomic E-state index is 11.3. The lowest BCUT2D eigenvalue weighted by molar-refractivity contribution is 0.990. The average molecular weight is 200 g/mol. The van der Waals surface area contributed by atoms with Gasteiger partial charge < -0.3 is 10.7 Å². The van der Waals surface area contributed by atoms with E-state index in [-0.39, 0.29) is 5.69 Å². The first-order valence-corrected chi connectivity index (χ1v) is 4.28. The SMILES string of the molecule is N#Cc1ccc(-n2cc[nH]c2=O)c(N)c1. The highest BCUT2D eigenvalue weighted by molar-refractivity contribution is 5.60. The summed E-state index contributed by atoms with van der Waals surface area (Å²) in [6, 6.07) is 6.77. The van der Waals surface area contributed by atoms with E-state index in [1.807, 2.05) is 6.07 Å². The zero-order valence-electron chi connectivity index (χ0n) is 7.77. The number of nitrogens with two attached hydrogens (primary N) is 1. The first-order chi connectivity index (χ1) is 7.22. The second kappa shape index (κ2) is 3.35. The Morgan fingerprint density at radius 2 is 2.27 bits per heavy atom. The summed E-state index contributed by atoms with van der Waals surface area (Å²) in [4.78, 5) is 13.8. The normalized spacial score (nSPS) is 9.80. The van der Waals surface area contributed by atoms with Crippen LogP contribution in [0.5, 0.6) is 0 Å². The Hall–Kier alpha value is -2.48. The first kappa shape index (κ1) is 9.09. The second-order valence-corrected chi connectivity index (χ2v) is 3.02. The van der Waals surface area contributed by atoms with Gasteiger partial charge in [0.1, 0.15) is 0 Å². The van der Waals surface area contributed by atoms with Crippen LogP contribution >= 0.6 is 0 Å². The molecule has 2 aromatic rings. The number of nitrogens with one attached hydrogen (secondary N) is 1. The number of aromatic nitrogens is 2. The van der Waals surface area contributed by atoms with Gasteiger partial charge in [0.25, 0.3) is 0 Å². The van der Waals surface area contributed by atoms with Crippen molar-refractivity contribution < 1.29 is 0 Å². The molecule has 0 atom stereocenters. The number of benzene rings is 1. The summed E-state index contributed by atoms with van der Waals surface area (Å²) < 4.78 is 1.39. The van der Waals surface area contributed by atoms with Gasteiger partial charge >= 0.3 is 5.69 Å². The van der Waals surface area contributed by atoms with Crippen molar-refractivity contribution in [3.8, 4) is 11.8 Å². The van der Waals surface area contributed by atoms with Crippen LogP contribution in [0.25, 0.3) is 5.69 Å². The fraction of sp³-hybridized carbons (Fsp3) is 0. The highest BCUT2D eigenvalue weighted by Gasteiger charge is 2.04. The molecule has 1 aromatic carbocycles. The van der Waals surface area contributed by atoms with Gasteiger partial charge in [0.15, 0.2) is 0 Å². The molecule has 0 fully saturated rings. The molecule has 0 bridgehead atoms. The molecule has 0 aliphatic carbocycles. The van der Waals surface area contributed by atoms with E-state index < -0.39 is 0 Å². The van der Waals surface area contributed by atoms with Crippen molar-refractivity contribution in [1.29, 1.82) is 5.26 Å². The lowest BCUT2D eigenvalue weighted by Gasteiger charge is -2.04. The van der Waals surface area contributed by atoms with Gasteiger partial charge in [-0.2, -0.15) is 5.26 Å². The quantitative estimate of drug-likeness (QED) is 0.661. The van der Waals surface area contributed by atoms with E-state index in [0.29, 0.717) is 16.9 Å². The van der Waals surface area contributed by atoms with Gasteiger partial charge in [-0.1, -0.05) is 0 Å². The molecule has 1 heterocycles. The van der Waals surface area contributed by atoms with Gasteiger partial charge in [0, 0.05) is 12.4 Å². The summed E-state index contributed by atoms with van der Waals surface area (Å²) in [6.07, 6.45) is 3.11. The van der Waals surface area contributed by atoms with Crippen molar-refractivity contribution in [3.05, 3.63) is 46.6 Å².